The van der Waals surface area contributed by atoms with Crippen molar-refractivity contribution in [1.29, 1.82) is 0 Å². The average Bonchev–Trinajstić information content (AvgIpc) is 2.31. The Kier molecular flexibility index (Phi) is 1.86. The van der Waals surface area contributed by atoms with Gasteiger partial charge in [-0.2, -0.15) is 0 Å². The highest BCUT2D eigenvalue weighted by Gasteiger charge is 1.92. The number of aryl methyl sites for hydroxylation is 1. The molecule has 1 rings (SSSR count). The zero-order chi connectivity index (χ0) is 7.40. The van der Waals surface area contributed by atoms with Crippen molar-refractivity contribution in [3.8, 4) is 11.8 Å². The van der Waals surface area contributed by atoms with Gasteiger partial charge >= 0.3 is 0 Å². The molecule has 0 radical (unpaired) electrons. The normalized spacial score (nSPS) is 8.10. The number of aldehydes is 1. The van der Waals surface area contributed by atoms with E-state index in [0.29, 0.717) is 12.0 Å². The van der Waals surface area contributed by atoms with Gasteiger partial charge in [-0.1, -0.05) is 0 Å². The summed E-state index contributed by atoms with van der Waals surface area (Å²) in [5.74, 6) is 4.86. The van der Waals surface area contributed by atoms with Crippen LogP contribution < -0.4 is 0 Å². The zero-order valence-corrected chi connectivity index (χ0v) is 5.51. The Balaban J connectivity index is 2.94. The Morgan fingerprint density at radius 1 is 1.80 bits per heavy atom. The van der Waals surface area contributed by atoms with Crippen molar-refractivity contribution in [3.63, 3.8) is 0 Å². The van der Waals surface area contributed by atoms with Gasteiger partial charge in [-0.05, 0) is 18.8 Å². The van der Waals surface area contributed by atoms with Gasteiger partial charge in [0.15, 0.2) is 6.29 Å². The van der Waals surface area contributed by atoms with Crippen LogP contribution in [0, 0.1) is 18.8 Å². The number of H-pyrrole nitrogens is 1. The predicted octanol–water partition coefficient (Wildman–Crippen LogP) is 0.269. The number of carbonyl (C=O) groups excluding carboxylic acids is 1. The number of nitrogens with one attached hydrogen (secondary N) is 1. The van der Waals surface area contributed by atoms with E-state index >= 15 is 0 Å². The Hall–Kier alpha value is -1.56. The van der Waals surface area contributed by atoms with Gasteiger partial charge in [-0.3, -0.25) is 4.79 Å². The molecule has 10 heavy (non-hydrogen) atoms. The van der Waals surface area contributed by atoms with Gasteiger partial charge in [0.05, 0.1) is 6.33 Å². The lowest BCUT2D eigenvalue weighted by Gasteiger charge is -1.79. The molecule has 0 amide bonds. The fourth-order valence-electron chi connectivity index (χ4n) is 0.583. The van der Waals surface area contributed by atoms with E-state index in [1.807, 2.05) is 6.92 Å². The highest BCUT2D eigenvalue weighted by molar-refractivity contribution is 5.73. The molecule has 0 aromatic carbocycles. The van der Waals surface area contributed by atoms with Crippen LogP contribution in [0.1, 0.15) is 11.4 Å². The van der Waals surface area contributed by atoms with Gasteiger partial charge < -0.3 is 4.98 Å². The van der Waals surface area contributed by atoms with E-state index in [1.165, 1.54) is 0 Å². The number of carbonyl (C=O) groups is 1. The first kappa shape index (κ1) is 6.56. The molecule has 1 N–H and O–H groups in total. The smallest absolute Gasteiger partial charge is 0.193 e. The topological polar surface area (TPSA) is 45.8 Å². The van der Waals surface area contributed by atoms with Crippen LogP contribution >= 0.6 is 0 Å². The molecule has 0 aliphatic rings. The van der Waals surface area contributed by atoms with Crippen molar-refractivity contribution >= 4 is 6.29 Å². The molecule has 1 aromatic heterocycles. The molecule has 1 heterocycles. The number of rotatable bonds is 0. The second-order valence-corrected chi connectivity index (χ2v) is 1.76. The predicted molar refractivity (Wildman–Crippen MR) is 36.3 cm³/mol. The lowest BCUT2D eigenvalue weighted by Crippen LogP contribution is -1.77. The van der Waals surface area contributed by atoms with Crippen molar-refractivity contribution in [2.45, 2.75) is 6.92 Å². The SMILES string of the molecule is Cc1[nH]cnc1C#CC=O. The third kappa shape index (κ3) is 1.23. The summed E-state index contributed by atoms with van der Waals surface area (Å²) in [6.07, 6.45) is 2.10. The Morgan fingerprint density at radius 2 is 2.60 bits per heavy atom. The maximum absolute atomic E-state index is 9.80. The van der Waals surface area contributed by atoms with Gasteiger partial charge in [0.2, 0.25) is 0 Å². The molecule has 3 heteroatoms. The van der Waals surface area contributed by atoms with Crippen LogP contribution in [0.15, 0.2) is 6.33 Å². The fourth-order valence-corrected chi connectivity index (χ4v) is 0.583. The summed E-state index contributed by atoms with van der Waals surface area (Å²) in [4.78, 5) is 16.5. The Bertz CT molecular complexity index is 290. The second-order valence-electron chi connectivity index (χ2n) is 1.76. The summed E-state index contributed by atoms with van der Waals surface area (Å²) >= 11 is 0. The summed E-state index contributed by atoms with van der Waals surface area (Å²) in [6.45, 7) is 1.85. The molecule has 0 aliphatic heterocycles. The third-order valence-electron chi connectivity index (χ3n) is 1.08. The summed E-state index contributed by atoms with van der Waals surface area (Å²) in [6, 6.07) is 0. The molecule has 50 valence electrons. The molecule has 0 saturated carbocycles. The van der Waals surface area contributed by atoms with Crippen molar-refractivity contribution in [2.24, 2.45) is 0 Å². The fraction of sp³-hybridized carbons (Fsp3) is 0.143. The number of aromatic nitrogens is 2. The van der Waals surface area contributed by atoms with Crippen LogP contribution in [0.3, 0.4) is 0 Å². The first-order valence-corrected chi connectivity index (χ1v) is 2.79. The van der Waals surface area contributed by atoms with E-state index in [0.717, 1.165) is 5.69 Å². The van der Waals surface area contributed by atoms with Gasteiger partial charge in [-0.15, -0.1) is 0 Å². The van der Waals surface area contributed by atoms with Gasteiger partial charge in [0.1, 0.15) is 5.69 Å². The number of nitrogens with zero attached hydrogens (tertiary/aromatic N) is 1. The third-order valence-corrected chi connectivity index (χ3v) is 1.08. The minimum Gasteiger partial charge on any atom is -0.348 e. The highest BCUT2D eigenvalue weighted by atomic mass is 16.1. The molecule has 0 atom stereocenters. The first-order valence-electron chi connectivity index (χ1n) is 2.79. The number of imidazole rings is 1. The molecule has 0 saturated heterocycles. The maximum atomic E-state index is 9.80. The van der Waals surface area contributed by atoms with Crippen molar-refractivity contribution in [3.05, 3.63) is 17.7 Å². The molecular weight excluding hydrogens is 128 g/mol. The average molecular weight is 134 g/mol. The molecule has 0 unspecified atom stereocenters. The maximum Gasteiger partial charge on any atom is 0.193 e. The van der Waals surface area contributed by atoms with Gasteiger partial charge in [0.25, 0.3) is 0 Å². The summed E-state index contributed by atoms with van der Waals surface area (Å²) in [7, 11) is 0. The van der Waals surface area contributed by atoms with E-state index in [-0.39, 0.29) is 0 Å². The zero-order valence-electron chi connectivity index (χ0n) is 5.51. The van der Waals surface area contributed by atoms with Crippen LogP contribution in [0.5, 0.6) is 0 Å². The van der Waals surface area contributed by atoms with E-state index in [1.54, 1.807) is 6.33 Å². The minimum absolute atomic E-state index is 0.550. The van der Waals surface area contributed by atoms with E-state index in [2.05, 4.69) is 21.8 Å². The summed E-state index contributed by atoms with van der Waals surface area (Å²) < 4.78 is 0. The Morgan fingerprint density at radius 3 is 3.10 bits per heavy atom. The second kappa shape index (κ2) is 2.83. The molecule has 3 nitrogen and oxygen atoms in total. The quantitative estimate of drug-likeness (QED) is 0.409. The molecule has 1 aromatic rings. The lowest BCUT2D eigenvalue weighted by molar-refractivity contribution is -0.103. The van der Waals surface area contributed by atoms with Crippen molar-refractivity contribution < 1.29 is 4.79 Å². The molecule has 0 spiro atoms. The molecule has 0 aliphatic carbocycles. The van der Waals surface area contributed by atoms with Crippen LogP contribution in [0.25, 0.3) is 0 Å². The number of hydrogen-bond donors (Lipinski definition) is 1. The molecular formula is C7H6N2O. The number of hydrogen-bond acceptors (Lipinski definition) is 2. The van der Waals surface area contributed by atoms with Crippen molar-refractivity contribution in [2.75, 3.05) is 0 Å². The van der Waals surface area contributed by atoms with E-state index < -0.39 is 0 Å². The first-order chi connectivity index (χ1) is 4.84. The highest BCUT2D eigenvalue weighted by Crippen LogP contribution is 1.95. The monoisotopic (exact) mass is 134 g/mol. The van der Waals surface area contributed by atoms with Crippen molar-refractivity contribution in [1.82, 2.24) is 9.97 Å². The lowest BCUT2D eigenvalue weighted by atomic mass is 10.3. The summed E-state index contributed by atoms with van der Waals surface area (Å²) in [5.41, 5.74) is 1.52. The minimum atomic E-state index is 0.550. The van der Waals surface area contributed by atoms with Crippen LogP contribution in [-0.2, 0) is 4.79 Å². The van der Waals surface area contributed by atoms with Gasteiger partial charge in [0, 0.05) is 5.69 Å². The largest absolute Gasteiger partial charge is 0.348 e. The van der Waals surface area contributed by atoms with Crippen LogP contribution in [0.4, 0.5) is 0 Å². The van der Waals surface area contributed by atoms with E-state index in [4.69, 9.17) is 0 Å². The molecule has 0 bridgehead atoms. The van der Waals surface area contributed by atoms with Crippen LogP contribution in [0.2, 0.25) is 0 Å². The Labute approximate surface area is 58.5 Å². The summed E-state index contributed by atoms with van der Waals surface area (Å²) in [5, 5.41) is 0. The van der Waals surface area contributed by atoms with Gasteiger partial charge in [-0.25, -0.2) is 4.98 Å². The van der Waals surface area contributed by atoms with E-state index in [9.17, 15) is 4.79 Å². The van der Waals surface area contributed by atoms with Crippen LogP contribution in [-0.4, -0.2) is 16.3 Å². The number of aromatic amines is 1. The standard InChI is InChI=1S/C7H6N2O/c1-6-7(3-2-4-10)9-5-8-6/h4-5H,1H3,(H,8,9). The molecule has 0 fully saturated rings.